The third-order valence-electron chi connectivity index (χ3n) is 1.70. The lowest BCUT2D eigenvalue weighted by Gasteiger charge is -2.11. The normalized spacial score (nSPS) is 12.4. The van der Waals surface area contributed by atoms with Crippen LogP contribution in [0.25, 0.3) is 0 Å². The molecule has 0 saturated heterocycles. The SMILES string of the molecule is N[C@H](C(=O)O)c1c(O)cc(O)cc1O. The Labute approximate surface area is 78.8 Å². The summed E-state index contributed by atoms with van der Waals surface area (Å²) in [5.74, 6) is -2.88. The number of aromatic hydroxyl groups is 3. The van der Waals surface area contributed by atoms with Gasteiger partial charge in [0.15, 0.2) is 0 Å². The highest BCUT2D eigenvalue weighted by molar-refractivity contribution is 5.78. The van der Waals surface area contributed by atoms with Crippen molar-refractivity contribution in [2.75, 3.05) is 0 Å². The highest BCUT2D eigenvalue weighted by Gasteiger charge is 2.22. The Kier molecular flexibility index (Phi) is 2.48. The Morgan fingerprint density at radius 1 is 1.21 bits per heavy atom. The fourth-order valence-corrected chi connectivity index (χ4v) is 1.05. The van der Waals surface area contributed by atoms with E-state index in [1.165, 1.54) is 0 Å². The maximum atomic E-state index is 10.5. The Hall–Kier alpha value is -1.95. The van der Waals surface area contributed by atoms with Gasteiger partial charge in [-0.25, -0.2) is 0 Å². The number of hydrogen-bond donors (Lipinski definition) is 5. The molecule has 1 aromatic rings. The van der Waals surface area contributed by atoms with Crippen molar-refractivity contribution in [1.82, 2.24) is 0 Å². The fraction of sp³-hybridized carbons (Fsp3) is 0.125. The summed E-state index contributed by atoms with van der Waals surface area (Å²) in [7, 11) is 0. The Balaban J connectivity index is 3.27. The lowest BCUT2D eigenvalue weighted by molar-refractivity contribution is -0.138. The van der Waals surface area contributed by atoms with Gasteiger partial charge in [-0.3, -0.25) is 4.79 Å². The number of rotatable bonds is 2. The minimum absolute atomic E-state index is 0.324. The molecule has 0 unspecified atom stereocenters. The second-order valence-corrected chi connectivity index (χ2v) is 2.71. The van der Waals surface area contributed by atoms with Gasteiger partial charge < -0.3 is 26.2 Å². The molecular weight excluding hydrogens is 190 g/mol. The molecule has 0 saturated carbocycles. The molecule has 0 aliphatic rings. The molecule has 76 valence electrons. The molecule has 0 spiro atoms. The van der Waals surface area contributed by atoms with Crippen LogP contribution in [0.1, 0.15) is 11.6 Å². The summed E-state index contributed by atoms with van der Waals surface area (Å²) >= 11 is 0. The van der Waals surface area contributed by atoms with Crippen molar-refractivity contribution in [3.8, 4) is 17.2 Å². The van der Waals surface area contributed by atoms with Crippen LogP contribution in [0.5, 0.6) is 17.2 Å². The summed E-state index contributed by atoms with van der Waals surface area (Å²) in [5, 5.41) is 35.9. The molecule has 0 aliphatic heterocycles. The van der Waals surface area contributed by atoms with Crippen molar-refractivity contribution in [2.24, 2.45) is 5.73 Å². The van der Waals surface area contributed by atoms with Crippen molar-refractivity contribution in [1.29, 1.82) is 0 Å². The van der Waals surface area contributed by atoms with E-state index in [9.17, 15) is 15.0 Å². The van der Waals surface area contributed by atoms with Gasteiger partial charge in [0.1, 0.15) is 23.3 Å². The molecule has 14 heavy (non-hydrogen) atoms. The van der Waals surface area contributed by atoms with E-state index >= 15 is 0 Å². The maximum Gasteiger partial charge on any atom is 0.325 e. The van der Waals surface area contributed by atoms with Crippen LogP contribution >= 0.6 is 0 Å². The standard InChI is InChI=1S/C8H9NO5/c9-7(8(13)14)6-4(11)1-3(10)2-5(6)12/h1-2,7,10-12H,9H2,(H,13,14)/t7-/m0/s1. The predicted octanol–water partition coefficient (Wildman–Crippen LogP) is -0.112. The summed E-state index contributed by atoms with van der Waals surface area (Å²) in [4.78, 5) is 10.5. The van der Waals surface area contributed by atoms with E-state index in [0.29, 0.717) is 0 Å². The zero-order valence-corrected chi connectivity index (χ0v) is 7.01. The maximum absolute atomic E-state index is 10.5. The van der Waals surface area contributed by atoms with Crippen LogP contribution in [0.3, 0.4) is 0 Å². The van der Waals surface area contributed by atoms with Crippen molar-refractivity contribution in [3.05, 3.63) is 17.7 Å². The summed E-state index contributed by atoms with van der Waals surface area (Å²) in [6, 6.07) is 0.269. The minimum Gasteiger partial charge on any atom is -0.508 e. The largest absolute Gasteiger partial charge is 0.508 e. The van der Waals surface area contributed by atoms with Crippen LogP contribution < -0.4 is 5.73 Å². The number of phenolic OH excluding ortho intramolecular Hbond substituents is 3. The Morgan fingerprint density at radius 3 is 2.00 bits per heavy atom. The number of benzene rings is 1. The summed E-state index contributed by atoms with van der Waals surface area (Å²) in [5.41, 5.74) is 4.86. The van der Waals surface area contributed by atoms with Gasteiger partial charge in [-0.05, 0) is 0 Å². The molecule has 0 bridgehead atoms. The van der Waals surface area contributed by atoms with Crippen molar-refractivity contribution in [3.63, 3.8) is 0 Å². The molecule has 0 aromatic heterocycles. The molecule has 0 radical (unpaired) electrons. The summed E-state index contributed by atoms with van der Waals surface area (Å²) < 4.78 is 0. The molecular formula is C8H9NO5. The number of phenols is 3. The van der Waals surface area contributed by atoms with E-state index in [-0.39, 0.29) is 11.3 Å². The lowest BCUT2D eigenvalue weighted by atomic mass is 10.1. The molecule has 0 fully saturated rings. The van der Waals surface area contributed by atoms with Gasteiger partial charge in [0.05, 0.1) is 5.56 Å². The number of carboxylic acids is 1. The van der Waals surface area contributed by atoms with Crippen molar-refractivity contribution in [2.45, 2.75) is 6.04 Å². The average Bonchev–Trinajstić information content (AvgIpc) is 2.01. The van der Waals surface area contributed by atoms with Crippen LogP contribution in [0.4, 0.5) is 0 Å². The first-order chi connectivity index (χ1) is 6.43. The molecule has 6 N–H and O–H groups in total. The second kappa shape index (κ2) is 3.43. The van der Waals surface area contributed by atoms with Crippen LogP contribution in [0.2, 0.25) is 0 Å². The predicted molar refractivity (Wildman–Crippen MR) is 46.0 cm³/mol. The van der Waals surface area contributed by atoms with Crippen LogP contribution in [-0.2, 0) is 4.79 Å². The Morgan fingerprint density at radius 2 is 1.64 bits per heavy atom. The van der Waals surface area contributed by atoms with Gasteiger partial charge in [0, 0.05) is 12.1 Å². The molecule has 1 atom stereocenters. The van der Waals surface area contributed by atoms with Gasteiger partial charge in [-0.15, -0.1) is 0 Å². The molecule has 0 heterocycles. The van der Waals surface area contributed by atoms with Crippen molar-refractivity contribution < 1.29 is 25.2 Å². The van der Waals surface area contributed by atoms with E-state index in [4.69, 9.17) is 15.9 Å². The van der Waals surface area contributed by atoms with E-state index < -0.39 is 23.5 Å². The van der Waals surface area contributed by atoms with Gasteiger partial charge >= 0.3 is 5.97 Å². The smallest absolute Gasteiger partial charge is 0.325 e. The monoisotopic (exact) mass is 199 g/mol. The number of carboxylic acid groups (broad SMARTS) is 1. The molecule has 0 aliphatic carbocycles. The summed E-state index contributed by atoms with van der Waals surface area (Å²) in [6.45, 7) is 0. The average molecular weight is 199 g/mol. The van der Waals surface area contributed by atoms with E-state index in [1.54, 1.807) is 0 Å². The molecule has 1 rings (SSSR count). The van der Waals surface area contributed by atoms with Gasteiger partial charge in [0.2, 0.25) is 0 Å². The molecule has 1 aromatic carbocycles. The van der Waals surface area contributed by atoms with Crippen LogP contribution in [-0.4, -0.2) is 26.4 Å². The highest BCUT2D eigenvalue weighted by atomic mass is 16.4. The minimum atomic E-state index is -1.53. The van der Waals surface area contributed by atoms with E-state index in [1.807, 2.05) is 0 Å². The quantitative estimate of drug-likeness (QED) is 0.452. The van der Waals surface area contributed by atoms with E-state index in [2.05, 4.69) is 0 Å². The molecule has 6 heteroatoms. The molecule has 6 nitrogen and oxygen atoms in total. The third-order valence-corrected chi connectivity index (χ3v) is 1.70. The third kappa shape index (κ3) is 1.69. The van der Waals surface area contributed by atoms with Crippen LogP contribution in [0, 0.1) is 0 Å². The van der Waals surface area contributed by atoms with Gasteiger partial charge in [0.25, 0.3) is 0 Å². The zero-order chi connectivity index (χ0) is 10.9. The first kappa shape index (κ1) is 10.1. The number of aliphatic carboxylic acids is 1. The van der Waals surface area contributed by atoms with Gasteiger partial charge in [-0.1, -0.05) is 0 Å². The zero-order valence-electron chi connectivity index (χ0n) is 7.01. The Bertz CT molecular complexity index is 353. The second-order valence-electron chi connectivity index (χ2n) is 2.71. The molecule has 0 amide bonds. The first-order valence-electron chi connectivity index (χ1n) is 3.66. The van der Waals surface area contributed by atoms with Crippen molar-refractivity contribution >= 4 is 5.97 Å². The highest BCUT2D eigenvalue weighted by Crippen LogP contribution is 2.35. The topological polar surface area (TPSA) is 124 Å². The fourth-order valence-electron chi connectivity index (χ4n) is 1.05. The number of nitrogens with two attached hydrogens (primary N) is 1. The summed E-state index contributed by atoms with van der Waals surface area (Å²) in [6.07, 6.45) is 0. The number of carbonyl (C=O) groups is 1. The van der Waals surface area contributed by atoms with Gasteiger partial charge in [-0.2, -0.15) is 0 Å². The lowest BCUT2D eigenvalue weighted by Crippen LogP contribution is -2.20. The first-order valence-corrected chi connectivity index (χ1v) is 3.66. The van der Waals surface area contributed by atoms with E-state index in [0.717, 1.165) is 12.1 Å². The van der Waals surface area contributed by atoms with Crippen LogP contribution in [0.15, 0.2) is 12.1 Å². The number of hydrogen-bond acceptors (Lipinski definition) is 5.